The zero-order valence-electron chi connectivity index (χ0n) is 32.5. The van der Waals surface area contributed by atoms with Gasteiger partial charge in [-0.15, -0.1) is 0 Å². The molecule has 8 rings (SSSR count). The van der Waals surface area contributed by atoms with Crippen LogP contribution in [-0.2, 0) is 41.5 Å². The summed E-state index contributed by atoms with van der Waals surface area (Å²) in [5, 5.41) is 43.2. The van der Waals surface area contributed by atoms with Crippen LogP contribution >= 0.6 is 0 Å². The number of aryl methyl sites for hydroxylation is 1. The third kappa shape index (κ3) is 7.26. The number of benzene rings is 3. The van der Waals surface area contributed by atoms with Gasteiger partial charge in [0.15, 0.2) is 29.1 Å². The molecule has 1 saturated heterocycles. The van der Waals surface area contributed by atoms with E-state index in [1.807, 2.05) is 25.1 Å². The van der Waals surface area contributed by atoms with Gasteiger partial charge in [-0.05, 0) is 73.1 Å². The molecule has 0 amide bonds. The van der Waals surface area contributed by atoms with Crippen molar-refractivity contribution in [1.29, 1.82) is 0 Å². The number of aromatic hydroxyl groups is 1. The summed E-state index contributed by atoms with van der Waals surface area (Å²) in [6.07, 6.45) is -5.87. The number of hydrogen-bond donors (Lipinski definition) is 5. The highest BCUT2D eigenvalue weighted by atomic mass is 17.2. The number of phenols is 1. The highest BCUT2D eigenvalue weighted by Gasteiger charge is 2.60. The molecular formula is C42H49NO15. The lowest BCUT2D eigenvalue weighted by atomic mass is 9.77. The molecule has 0 aromatic heterocycles. The third-order valence-corrected chi connectivity index (χ3v) is 11.5. The van der Waals surface area contributed by atoms with Crippen molar-refractivity contribution in [3.05, 3.63) is 69.8 Å². The quantitative estimate of drug-likeness (QED) is 0.105. The lowest BCUT2D eigenvalue weighted by Gasteiger charge is -2.50. The molecule has 5 aliphatic heterocycles. The molecule has 312 valence electrons. The topological polar surface area (TPSA) is 224 Å². The fourth-order valence-corrected chi connectivity index (χ4v) is 8.74. The van der Waals surface area contributed by atoms with Gasteiger partial charge in [-0.1, -0.05) is 26.8 Å². The van der Waals surface area contributed by atoms with E-state index in [1.54, 1.807) is 18.2 Å². The zero-order valence-corrected chi connectivity index (χ0v) is 32.5. The van der Waals surface area contributed by atoms with Crippen molar-refractivity contribution in [2.45, 2.75) is 101 Å². The Morgan fingerprint density at radius 3 is 2.53 bits per heavy atom. The van der Waals surface area contributed by atoms with Crippen LogP contribution in [0.5, 0.6) is 34.5 Å². The molecule has 3 aromatic rings. The van der Waals surface area contributed by atoms with Crippen LogP contribution < -0.4 is 29.6 Å². The number of aliphatic hydroxyl groups is 2. The average molecular weight is 808 g/mol. The van der Waals surface area contributed by atoms with Crippen molar-refractivity contribution >= 4 is 11.9 Å². The molecular weight excluding hydrogens is 758 g/mol. The van der Waals surface area contributed by atoms with Gasteiger partial charge >= 0.3 is 11.9 Å². The van der Waals surface area contributed by atoms with Crippen LogP contribution in [-0.4, -0.2) is 95.7 Å². The second kappa shape index (κ2) is 16.1. The van der Waals surface area contributed by atoms with Gasteiger partial charge in [-0.25, -0.2) is 0 Å². The van der Waals surface area contributed by atoms with Crippen LogP contribution in [0.25, 0.3) is 0 Å². The Hall–Kier alpha value is -4.84. The first-order valence-electron chi connectivity index (χ1n) is 19.7. The molecule has 0 saturated carbocycles. The average Bonchev–Trinajstić information content (AvgIpc) is 3.82. The van der Waals surface area contributed by atoms with Gasteiger partial charge in [0.25, 0.3) is 0 Å². The molecule has 8 atom stereocenters. The van der Waals surface area contributed by atoms with Gasteiger partial charge in [0.1, 0.15) is 54.7 Å². The van der Waals surface area contributed by atoms with Gasteiger partial charge in [0.05, 0.1) is 19.1 Å². The van der Waals surface area contributed by atoms with Gasteiger partial charge in [-0.2, -0.15) is 4.89 Å². The minimum absolute atomic E-state index is 0.00169. The summed E-state index contributed by atoms with van der Waals surface area (Å²) in [7, 11) is 0. The van der Waals surface area contributed by atoms with Crippen molar-refractivity contribution in [3.8, 4) is 34.5 Å². The third-order valence-electron chi connectivity index (χ3n) is 11.5. The first kappa shape index (κ1) is 40.0. The highest BCUT2D eigenvalue weighted by Crippen LogP contribution is 2.58. The van der Waals surface area contributed by atoms with E-state index < -0.39 is 67.2 Å². The van der Waals surface area contributed by atoms with Crippen LogP contribution in [0.1, 0.15) is 91.4 Å². The number of carbonyl (C=O) groups excluding carboxylic acids is 1. The molecule has 6 N–H and O–H groups in total. The number of carboxylic acid groups (broad SMARTS) is 1. The monoisotopic (exact) mass is 807 g/mol. The summed E-state index contributed by atoms with van der Waals surface area (Å²) >= 11 is 0. The lowest BCUT2D eigenvalue weighted by Crippen LogP contribution is -2.69. The predicted molar refractivity (Wildman–Crippen MR) is 201 cm³/mol. The molecule has 16 nitrogen and oxygen atoms in total. The molecule has 16 heteroatoms. The van der Waals surface area contributed by atoms with E-state index >= 15 is 0 Å². The van der Waals surface area contributed by atoms with Crippen LogP contribution in [0.4, 0.5) is 0 Å². The summed E-state index contributed by atoms with van der Waals surface area (Å²) in [6, 6.07) is 11.1. The Bertz CT molecular complexity index is 2060. The number of aliphatic hydroxyl groups excluding tert-OH is 2. The Morgan fingerprint density at radius 2 is 1.78 bits per heavy atom. The number of aliphatic carboxylic acids is 1. The normalized spacial score (nSPS) is 27.9. The van der Waals surface area contributed by atoms with Crippen molar-refractivity contribution in [2.24, 2.45) is 11.7 Å². The second-order valence-electron chi connectivity index (χ2n) is 15.8. The number of phenolic OH excluding ortho intramolecular Hbond substituents is 1. The fourth-order valence-electron chi connectivity index (χ4n) is 8.74. The Labute approximate surface area is 334 Å². The first-order valence-corrected chi connectivity index (χ1v) is 19.7. The molecule has 0 bridgehead atoms. The fraction of sp³-hybridized carbons (Fsp3) is 0.524. The first-order chi connectivity index (χ1) is 27.9. The standard InChI is InChI=1S/C42H49NO15/c1-4-21-10-22(12-23(44)11-21)24-5-6-42(40(49)36(48)33(55-41(42)50-8-7-43)18-52-35(47)16-34(45)46)58-57-31-15-27-30(13-25(24)31)51-17-29-26-14-32-39(54-19-53-32)28(9-20(2)3)37(26)56-38(27)29/h10-15,20,24,29,33,36,38,40-41,44,48-49H,4-9,16-19,43H2,1-3H3,(H,45,46). The highest BCUT2D eigenvalue weighted by molar-refractivity contribution is 5.90. The smallest absolute Gasteiger partial charge is 0.317 e. The van der Waals surface area contributed by atoms with Gasteiger partial charge in [0.2, 0.25) is 6.79 Å². The number of rotatable bonds is 11. The predicted octanol–water partition coefficient (Wildman–Crippen LogP) is 3.91. The number of esters is 1. The number of fused-ring (bicyclic) bond motifs is 7. The SMILES string of the molecule is CCc1cc(O)cc(C2CCC3(OOc4cc5c(cc42)OCC2c4cc6c(c(CC(C)C)c4OC52)OCO6)C(OCCN)OC(COC(=O)CC(=O)O)C(O)C3O)c1. The number of nitrogens with two attached hydrogens (primary N) is 1. The molecule has 0 aliphatic carbocycles. The van der Waals surface area contributed by atoms with Crippen molar-refractivity contribution in [2.75, 3.05) is 33.2 Å². The number of hydrogen-bond acceptors (Lipinski definition) is 15. The van der Waals surface area contributed by atoms with Crippen LogP contribution in [0.2, 0.25) is 0 Å². The van der Waals surface area contributed by atoms with Crippen molar-refractivity contribution in [1.82, 2.24) is 0 Å². The van der Waals surface area contributed by atoms with E-state index in [1.165, 1.54) is 0 Å². The summed E-state index contributed by atoms with van der Waals surface area (Å²) in [5.41, 5.74) is 8.91. The summed E-state index contributed by atoms with van der Waals surface area (Å²) < 4.78 is 42.3. The maximum absolute atomic E-state index is 12.1. The number of ether oxygens (including phenoxy) is 7. The molecule has 58 heavy (non-hydrogen) atoms. The molecule has 1 spiro atoms. The summed E-state index contributed by atoms with van der Waals surface area (Å²) in [6.45, 7) is 6.18. The maximum Gasteiger partial charge on any atom is 0.317 e. The molecule has 5 aliphatic rings. The Morgan fingerprint density at radius 1 is 0.983 bits per heavy atom. The Kier molecular flexibility index (Phi) is 11.1. The molecule has 1 fully saturated rings. The molecule has 0 radical (unpaired) electrons. The van der Waals surface area contributed by atoms with Crippen LogP contribution in [0.3, 0.4) is 0 Å². The van der Waals surface area contributed by atoms with Gasteiger partial charge in [-0.3, -0.25) is 9.59 Å². The van der Waals surface area contributed by atoms with E-state index in [2.05, 4.69) is 13.8 Å². The number of carboxylic acids is 1. The minimum Gasteiger partial charge on any atom is -0.508 e. The minimum atomic E-state index is -1.86. The number of carbonyl (C=O) groups is 2. The van der Waals surface area contributed by atoms with E-state index in [4.69, 9.17) is 53.8 Å². The maximum atomic E-state index is 12.1. The van der Waals surface area contributed by atoms with Crippen LogP contribution in [0, 0.1) is 5.92 Å². The molecule has 5 heterocycles. The van der Waals surface area contributed by atoms with Gasteiger partial charge in [0, 0.05) is 34.7 Å². The van der Waals surface area contributed by atoms with E-state index in [-0.39, 0.29) is 50.2 Å². The van der Waals surface area contributed by atoms with Crippen molar-refractivity contribution in [3.63, 3.8) is 0 Å². The van der Waals surface area contributed by atoms with Crippen LogP contribution in [0.15, 0.2) is 36.4 Å². The van der Waals surface area contributed by atoms with E-state index in [0.717, 1.165) is 28.0 Å². The van der Waals surface area contributed by atoms with Crippen molar-refractivity contribution < 1.29 is 72.9 Å². The van der Waals surface area contributed by atoms with Gasteiger partial charge < -0.3 is 64.2 Å². The Balaban J connectivity index is 1.18. The molecule has 8 unspecified atom stereocenters. The second-order valence-corrected chi connectivity index (χ2v) is 15.8. The molecule has 3 aromatic carbocycles. The lowest BCUT2D eigenvalue weighted by molar-refractivity contribution is -0.422. The summed E-state index contributed by atoms with van der Waals surface area (Å²) in [5.74, 6) is 0.282. The largest absolute Gasteiger partial charge is 0.508 e. The van der Waals surface area contributed by atoms with E-state index in [0.29, 0.717) is 53.7 Å². The zero-order chi connectivity index (χ0) is 40.9. The summed E-state index contributed by atoms with van der Waals surface area (Å²) in [4.78, 5) is 35.6. The van der Waals surface area contributed by atoms with E-state index in [9.17, 15) is 24.9 Å².